The lowest BCUT2D eigenvalue weighted by atomic mass is 10.1. The molecule has 2 aliphatic carbocycles. The van der Waals surface area contributed by atoms with Crippen molar-refractivity contribution in [2.24, 2.45) is 5.92 Å². The van der Waals surface area contributed by atoms with E-state index in [0.29, 0.717) is 5.56 Å². The van der Waals surface area contributed by atoms with E-state index in [2.05, 4.69) is 16.4 Å². The summed E-state index contributed by atoms with van der Waals surface area (Å²) in [6, 6.07) is 4.28. The number of rotatable bonds is 4. The fourth-order valence-electron chi connectivity index (χ4n) is 2.49. The van der Waals surface area contributed by atoms with E-state index in [9.17, 15) is 0 Å². The minimum Gasteiger partial charge on any atom is -0.369 e. The highest BCUT2D eigenvalue weighted by atomic mass is 15.0. The minimum atomic E-state index is 0.710. The second-order valence-electron chi connectivity index (χ2n) is 5.11. The van der Waals surface area contributed by atoms with Crippen molar-refractivity contribution >= 4 is 5.82 Å². The highest BCUT2D eigenvalue weighted by molar-refractivity contribution is 5.55. The first kappa shape index (κ1) is 10.6. The van der Waals surface area contributed by atoms with Crippen molar-refractivity contribution in [1.82, 2.24) is 4.98 Å². The van der Waals surface area contributed by atoms with Crippen LogP contribution >= 0.6 is 0 Å². The first-order chi connectivity index (χ1) is 8.36. The van der Waals surface area contributed by atoms with Gasteiger partial charge in [-0.25, -0.2) is 4.98 Å². The molecule has 0 saturated heterocycles. The van der Waals surface area contributed by atoms with Crippen LogP contribution in [0.15, 0.2) is 6.07 Å². The Labute approximate surface area is 102 Å². The van der Waals surface area contributed by atoms with Crippen LogP contribution in [0.2, 0.25) is 0 Å². The van der Waals surface area contributed by atoms with Gasteiger partial charge in [-0.15, -0.1) is 0 Å². The molecular formula is C14H17N3. The zero-order chi connectivity index (χ0) is 11.7. The molecule has 88 valence electrons. The molecule has 1 N–H and O–H groups in total. The second-order valence-corrected chi connectivity index (χ2v) is 5.11. The molecule has 3 heteroatoms. The van der Waals surface area contributed by atoms with Gasteiger partial charge in [-0.3, -0.25) is 0 Å². The van der Waals surface area contributed by atoms with Gasteiger partial charge in [-0.1, -0.05) is 12.8 Å². The highest BCUT2D eigenvalue weighted by Gasteiger charge is 2.21. The number of fused-ring (bicyclic) bond motifs is 1. The van der Waals surface area contributed by atoms with E-state index in [0.717, 1.165) is 31.1 Å². The largest absolute Gasteiger partial charge is 0.369 e. The summed E-state index contributed by atoms with van der Waals surface area (Å²) in [6.07, 6.45) is 7.30. The van der Waals surface area contributed by atoms with E-state index in [1.165, 1.54) is 36.9 Å². The molecule has 1 heterocycles. The van der Waals surface area contributed by atoms with Crippen LogP contribution in [0.1, 0.15) is 42.5 Å². The predicted octanol–water partition coefficient (Wildman–Crippen LogP) is 2.65. The van der Waals surface area contributed by atoms with Crippen LogP contribution in [-0.2, 0) is 12.8 Å². The van der Waals surface area contributed by atoms with Gasteiger partial charge in [0.25, 0.3) is 0 Å². The summed E-state index contributed by atoms with van der Waals surface area (Å²) in [4.78, 5) is 4.61. The maximum atomic E-state index is 9.14. The number of aryl methyl sites for hydroxylation is 2. The lowest BCUT2D eigenvalue weighted by Gasteiger charge is -2.09. The molecule has 0 atom stereocenters. The molecule has 3 nitrogen and oxygen atoms in total. The maximum absolute atomic E-state index is 9.14. The molecule has 0 spiro atoms. The smallest absolute Gasteiger partial charge is 0.144 e. The molecule has 3 rings (SSSR count). The average molecular weight is 227 g/mol. The number of nitrogens with one attached hydrogen (secondary N) is 1. The summed E-state index contributed by atoms with van der Waals surface area (Å²) >= 11 is 0. The molecule has 0 radical (unpaired) electrons. The van der Waals surface area contributed by atoms with Crippen LogP contribution in [0.3, 0.4) is 0 Å². The van der Waals surface area contributed by atoms with Crippen molar-refractivity contribution in [2.45, 2.75) is 38.5 Å². The first-order valence-corrected chi connectivity index (χ1v) is 6.53. The van der Waals surface area contributed by atoms with Crippen molar-refractivity contribution in [1.29, 1.82) is 5.26 Å². The summed E-state index contributed by atoms with van der Waals surface area (Å²) in [7, 11) is 0. The normalized spacial score (nSPS) is 17.6. The zero-order valence-electron chi connectivity index (χ0n) is 10.00. The molecule has 1 aromatic rings. The summed E-state index contributed by atoms with van der Waals surface area (Å²) in [6.45, 7) is 0.950. The monoisotopic (exact) mass is 227 g/mol. The van der Waals surface area contributed by atoms with Gasteiger partial charge in [-0.2, -0.15) is 5.26 Å². The molecule has 1 saturated carbocycles. The Kier molecular flexibility index (Phi) is 2.72. The van der Waals surface area contributed by atoms with Crippen LogP contribution in [0.25, 0.3) is 0 Å². The summed E-state index contributed by atoms with van der Waals surface area (Å²) in [5.41, 5.74) is 3.17. The van der Waals surface area contributed by atoms with E-state index < -0.39 is 0 Å². The number of nitriles is 1. The van der Waals surface area contributed by atoms with Gasteiger partial charge in [0.1, 0.15) is 11.9 Å². The number of anilines is 1. The van der Waals surface area contributed by atoms with Crippen molar-refractivity contribution < 1.29 is 0 Å². The molecule has 0 aliphatic heterocycles. The third kappa shape index (κ3) is 2.26. The number of nitrogens with zero attached hydrogens (tertiary/aromatic N) is 2. The lowest BCUT2D eigenvalue weighted by Crippen LogP contribution is -2.07. The van der Waals surface area contributed by atoms with Crippen LogP contribution in [0.5, 0.6) is 0 Å². The highest BCUT2D eigenvalue weighted by Crippen LogP contribution is 2.32. The van der Waals surface area contributed by atoms with E-state index >= 15 is 0 Å². The van der Waals surface area contributed by atoms with Gasteiger partial charge >= 0.3 is 0 Å². The van der Waals surface area contributed by atoms with Crippen molar-refractivity contribution in [3.05, 3.63) is 22.9 Å². The molecule has 0 bridgehead atoms. The van der Waals surface area contributed by atoms with Crippen molar-refractivity contribution in [2.75, 3.05) is 11.9 Å². The number of aromatic nitrogens is 1. The van der Waals surface area contributed by atoms with E-state index in [1.54, 1.807) is 0 Å². The van der Waals surface area contributed by atoms with Crippen LogP contribution in [-0.4, -0.2) is 11.5 Å². The van der Waals surface area contributed by atoms with E-state index in [-0.39, 0.29) is 0 Å². The predicted molar refractivity (Wildman–Crippen MR) is 66.8 cm³/mol. The Morgan fingerprint density at radius 2 is 2.29 bits per heavy atom. The zero-order valence-corrected chi connectivity index (χ0v) is 10.00. The molecule has 2 aliphatic rings. The molecular weight excluding hydrogens is 210 g/mol. The third-order valence-electron chi connectivity index (χ3n) is 3.71. The SMILES string of the molecule is N#Cc1cc2c(nc1NCCC1CC1)CCC2. The number of pyridine rings is 1. The minimum absolute atomic E-state index is 0.710. The van der Waals surface area contributed by atoms with Crippen LogP contribution in [0.4, 0.5) is 5.82 Å². The maximum Gasteiger partial charge on any atom is 0.144 e. The van der Waals surface area contributed by atoms with Crippen molar-refractivity contribution in [3.63, 3.8) is 0 Å². The Morgan fingerprint density at radius 1 is 1.41 bits per heavy atom. The van der Waals surface area contributed by atoms with Gasteiger partial charge in [0.15, 0.2) is 0 Å². The van der Waals surface area contributed by atoms with E-state index in [4.69, 9.17) is 5.26 Å². The number of hydrogen-bond donors (Lipinski definition) is 1. The van der Waals surface area contributed by atoms with Gasteiger partial charge in [0.05, 0.1) is 5.56 Å². The molecule has 17 heavy (non-hydrogen) atoms. The fourth-order valence-corrected chi connectivity index (χ4v) is 2.49. The quantitative estimate of drug-likeness (QED) is 0.860. The summed E-state index contributed by atoms with van der Waals surface area (Å²) in [5.74, 6) is 1.72. The van der Waals surface area contributed by atoms with Gasteiger partial charge in [0, 0.05) is 12.2 Å². The third-order valence-corrected chi connectivity index (χ3v) is 3.71. The Bertz CT molecular complexity index is 469. The fraction of sp³-hybridized carbons (Fsp3) is 0.571. The van der Waals surface area contributed by atoms with Crippen molar-refractivity contribution in [3.8, 4) is 6.07 Å². The van der Waals surface area contributed by atoms with Crippen LogP contribution < -0.4 is 5.32 Å². The first-order valence-electron chi connectivity index (χ1n) is 6.53. The standard InChI is InChI=1S/C14H17N3/c15-9-12-8-11-2-1-3-13(11)17-14(12)16-7-6-10-4-5-10/h8,10H,1-7H2,(H,16,17). The van der Waals surface area contributed by atoms with Crippen LogP contribution in [0, 0.1) is 17.2 Å². The molecule has 1 aromatic heterocycles. The second kappa shape index (κ2) is 4.37. The van der Waals surface area contributed by atoms with Gasteiger partial charge in [0.2, 0.25) is 0 Å². The summed E-state index contributed by atoms with van der Waals surface area (Å²) in [5, 5.41) is 12.5. The Morgan fingerprint density at radius 3 is 3.06 bits per heavy atom. The molecule has 1 fully saturated rings. The Hall–Kier alpha value is -1.56. The average Bonchev–Trinajstić information content (AvgIpc) is 3.05. The molecule has 0 aromatic carbocycles. The summed E-state index contributed by atoms with van der Waals surface area (Å²) < 4.78 is 0. The van der Waals surface area contributed by atoms with Gasteiger partial charge < -0.3 is 5.32 Å². The molecule has 0 amide bonds. The van der Waals surface area contributed by atoms with E-state index in [1.807, 2.05) is 6.07 Å². The topological polar surface area (TPSA) is 48.7 Å². The van der Waals surface area contributed by atoms with Gasteiger partial charge in [-0.05, 0) is 43.2 Å². The Balaban J connectivity index is 1.74. The lowest BCUT2D eigenvalue weighted by molar-refractivity contribution is 0.757. The number of hydrogen-bond acceptors (Lipinski definition) is 3. The molecule has 0 unspecified atom stereocenters.